The van der Waals surface area contributed by atoms with Crippen molar-refractivity contribution in [1.82, 2.24) is 24.8 Å². The lowest BCUT2D eigenvalue weighted by atomic mass is 10.5. The number of carbonyl (C=O) groups is 1. The zero-order valence-electron chi connectivity index (χ0n) is 8.42. The number of amides is 1. The molecule has 7 heteroatoms. The van der Waals surface area contributed by atoms with Gasteiger partial charge >= 0.3 is 6.03 Å². The first-order chi connectivity index (χ1) is 7.74. The van der Waals surface area contributed by atoms with Gasteiger partial charge in [-0.3, -0.25) is 0 Å². The third kappa shape index (κ3) is 1.58. The minimum absolute atomic E-state index is 0.250. The maximum atomic E-state index is 11.7. The van der Waals surface area contributed by atoms with Gasteiger partial charge in [-0.05, 0) is 0 Å². The number of nitrogens with two attached hydrogens (primary N) is 1. The minimum Gasteiger partial charge on any atom is -0.382 e. The van der Waals surface area contributed by atoms with Gasteiger partial charge in [0.15, 0.2) is 17.0 Å². The summed E-state index contributed by atoms with van der Waals surface area (Å²) < 4.78 is 1.27. The van der Waals surface area contributed by atoms with E-state index in [0.717, 1.165) is 0 Å². The standard InChI is InChI=1S/C9H10N6O/c1-2-3-11-9(16)15-5-14-6-7(10)12-4-13-8(6)15/h2,4-5H,1,3H2,(H,11,16)(H2,10,12,13). The highest BCUT2D eigenvalue weighted by molar-refractivity contribution is 5.90. The average molecular weight is 218 g/mol. The molecule has 0 spiro atoms. The van der Waals surface area contributed by atoms with Crippen LogP contribution in [0.1, 0.15) is 0 Å². The van der Waals surface area contributed by atoms with Crippen LogP contribution >= 0.6 is 0 Å². The number of aromatic nitrogens is 4. The number of hydrogen-bond acceptors (Lipinski definition) is 5. The number of nitrogens with one attached hydrogen (secondary N) is 1. The number of fused-ring (bicyclic) bond motifs is 1. The largest absolute Gasteiger partial charge is 0.382 e. The van der Waals surface area contributed by atoms with Gasteiger partial charge in [0.2, 0.25) is 0 Å². The van der Waals surface area contributed by atoms with Gasteiger partial charge in [0.25, 0.3) is 0 Å². The van der Waals surface area contributed by atoms with Crippen molar-refractivity contribution in [3.05, 3.63) is 25.3 Å². The van der Waals surface area contributed by atoms with Crippen LogP contribution < -0.4 is 11.1 Å². The van der Waals surface area contributed by atoms with Gasteiger partial charge in [-0.2, -0.15) is 0 Å². The highest BCUT2D eigenvalue weighted by atomic mass is 16.2. The van der Waals surface area contributed by atoms with E-state index in [1.165, 1.54) is 17.2 Å². The Morgan fingerprint density at radius 2 is 2.38 bits per heavy atom. The van der Waals surface area contributed by atoms with Crippen LogP contribution in [-0.2, 0) is 0 Å². The molecular weight excluding hydrogens is 208 g/mol. The summed E-state index contributed by atoms with van der Waals surface area (Å²) in [5.74, 6) is 0.250. The van der Waals surface area contributed by atoms with Gasteiger partial charge in [-0.25, -0.2) is 24.3 Å². The van der Waals surface area contributed by atoms with Gasteiger partial charge in [-0.1, -0.05) is 6.08 Å². The lowest BCUT2D eigenvalue weighted by molar-refractivity contribution is 0.244. The highest BCUT2D eigenvalue weighted by Gasteiger charge is 2.12. The number of nitrogen functional groups attached to an aromatic ring is 1. The molecule has 1 amide bonds. The molecule has 3 N–H and O–H groups in total. The minimum atomic E-state index is -0.333. The fourth-order valence-corrected chi connectivity index (χ4v) is 1.25. The van der Waals surface area contributed by atoms with E-state index in [1.54, 1.807) is 6.08 Å². The molecule has 0 bridgehead atoms. The molecule has 0 aliphatic carbocycles. The van der Waals surface area contributed by atoms with Crippen molar-refractivity contribution in [1.29, 1.82) is 0 Å². The highest BCUT2D eigenvalue weighted by Crippen LogP contribution is 2.13. The summed E-state index contributed by atoms with van der Waals surface area (Å²) in [5, 5.41) is 2.61. The Bertz CT molecular complexity index is 546. The first kappa shape index (κ1) is 10.1. The summed E-state index contributed by atoms with van der Waals surface area (Å²) in [6, 6.07) is -0.333. The van der Waals surface area contributed by atoms with Gasteiger partial charge in [0.05, 0.1) is 0 Å². The predicted octanol–water partition coefficient (Wildman–Crippen LogP) is 0.152. The van der Waals surface area contributed by atoms with Crippen molar-refractivity contribution < 1.29 is 4.79 Å². The molecule has 2 aromatic heterocycles. The van der Waals surface area contributed by atoms with Crippen LogP contribution in [0.3, 0.4) is 0 Å². The topological polar surface area (TPSA) is 98.7 Å². The number of rotatable bonds is 2. The van der Waals surface area contributed by atoms with E-state index >= 15 is 0 Å². The van der Waals surface area contributed by atoms with Crippen molar-refractivity contribution in [3.63, 3.8) is 0 Å². The molecule has 0 unspecified atom stereocenters. The van der Waals surface area contributed by atoms with Crippen LogP contribution in [0.25, 0.3) is 11.2 Å². The van der Waals surface area contributed by atoms with Crippen LogP contribution in [0.5, 0.6) is 0 Å². The van der Waals surface area contributed by atoms with Crippen LogP contribution in [-0.4, -0.2) is 32.1 Å². The van der Waals surface area contributed by atoms with Crippen molar-refractivity contribution in [3.8, 4) is 0 Å². The van der Waals surface area contributed by atoms with Gasteiger partial charge in [0.1, 0.15) is 12.7 Å². The molecule has 7 nitrogen and oxygen atoms in total. The summed E-state index contributed by atoms with van der Waals surface area (Å²) in [7, 11) is 0. The molecule has 0 fully saturated rings. The summed E-state index contributed by atoms with van der Waals surface area (Å²) in [5.41, 5.74) is 6.39. The molecule has 0 aliphatic rings. The lowest BCUT2D eigenvalue weighted by Gasteiger charge is -2.02. The Labute approximate surface area is 91.0 Å². The van der Waals surface area contributed by atoms with E-state index < -0.39 is 0 Å². The third-order valence-corrected chi connectivity index (χ3v) is 1.98. The first-order valence-corrected chi connectivity index (χ1v) is 4.56. The fourth-order valence-electron chi connectivity index (χ4n) is 1.25. The van der Waals surface area contributed by atoms with E-state index in [0.29, 0.717) is 17.7 Å². The molecular formula is C9H10N6O. The maximum Gasteiger partial charge on any atom is 0.328 e. The number of imidazole rings is 1. The molecule has 82 valence electrons. The van der Waals surface area contributed by atoms with E-state index in [9.17, 15) is 4.79 Å². The number of carbonyl (C=O) groups excluding carboxylic acids is 1. The summed E-state index contributed by atoms with van der Waals surface area (Å²) in [4.78, 5) is 23.4. The van der Waals surface area contributed by atoms with Crippen molar-refractivity contribution in [2.45, 2.75) is 0 Å². The van der Waals surface area contributed by atoms with E-state index in [1.807, 2.05) is 0 Å². The monoisotopic (exact) mass is 218 g/mol. The third-order valence-electron chi connectivity index (χ3n) is 1.98. The second kappa shape index (κ2) is 3.97. The van der Waals surface area contributed by atoms with Crippen molar-refractivity contribution >= 4 is 23.0 Å². The molecule has 2 heterocycles. The average Bonchev–Trinajstić information content (AvgIpc) is 2.71. The Kier molecular flexibility index (Phi) is 2.50. The number of nitrogens with zero attached hydrogens (tertiary/aromatic N) is 4. The molecule has 0 aliphatic heterocycles. The smallest absolute Gasteiger partial charge is 0.328 e. The summed E-state index contributed by atoms with van der Waals surface area (Å²) in [6.45, 7) is 3.88. The second-order valence-corrected chi connectivity index (χ2v) is 3.02. The van der Waals surface area contributed by atoms with Crippen molar-refractivity contribution in [2.75, 3.05) is 12.3 Å². The molecule has 2 rings (SSSR count). The van der Waals surface area contributed by atoms with E-state index in [4.69, 9.17) is 5.73 Å². The maximum absolute atomic E-state index is 11.7. The quantitative estimate of drug-likeness (QED) is 0.699. The van der Waals surface area contributed by atoms with Crippen LogP contribution in [0.15, 0.2) is 25.3 Å². The van der Waals surface area contributed by atoms with Crippen LogP contribution in [0.2, 0.25) is 0 Å². The van der Waals surface area contributed by atoms with E-state index in [2.05, 4.69) is 26.8 Å². The molecule has 16 heavy (non-hydrogen) atoms. The molecule has 0 saturated heterocycles. The van der Waals surface area contributed by atoms with Gasteiger partial charge in [0, 0.05) is 6.54 Å². The second-order valence-electron chi connectivity index (χ2n) is 3.02. The first-order valence-electron chi connectivity index (χ1n) is 4.56. The lowest BCUT2D eigenvalue weighted by Crippen LogP contribution is -2.28. The zero-order chi connectivity index (χ0) is 11.5. The van der Waals surface area contributed by atoms with Gasteiger partial charge in [-0.15, -0.1) is 6.58 Å². The predicted molar refractivity (Wildman–Crippen MR) is 58.7 cm³/mol. The number of hydrogen-bond donors (Lipinski definition) is 2. The Hall–Kier alpha value is -2.44. The number of anilines is 1. The SMILES string of the molecule is C=CCNC(=O)n1cnc2c(N)ncnc21. The molecule has 0 aromatic carbocycles. The summed E-state index contributed by atoms with van der Waals surface area (Å²) in [6.07, 6.45) is 4.23. The van der Waals surface area contributed by atoms with Crippen LogP contribution in [0, 0.1) is 0 Å². The Balaban J connectivity index is 2.42. The van der Waals surface area contributed by atoms with Crippen LogP contribution in [0.4, 0.5) is 10.6 Å². The van der Waals surface area contributed by atoms with E-state index in [-0.39, 0.29) is 11.8 Å². The molecule has 0 radical (unpaired) electrons. The molecule has 0 atom stereocenters. The molecule has 0 saturated carbocycles. The van der Waals surface area contributed by atoms with Crippen molar-refractivity contribution in [2.24, 2.45) is 0 Å². The molecule has 2 aromatic rings. The normalized spacial score (nSPS) is 10.2. The van der Waals surface area contributed by atoms with Gasteiger partial charge < -0.3 is 11.1 Å². The summed E-state index contributed by atoms with van der Waals surface area (Å²) >= 11 is 0. The zero-order valence-corrected chi connectivity index (χ0v) is 8.42. The Morgan fingerprint density at radius 3 is 3.12 bits per heavy atom. The fraction of sp³-hybridized carbons (Fsp3) is 0.111. The Morgan fingerprint density at radius 1 is 1.56 bits per heavy atom.